The van der Waals surface area contributed by atoms with Crippen LogP contribution in [0, 0.1) is 16.1 Å². The molecule has 0 spiro atoms. The first kappa shape index (κ1) is 14.2. The van der Waals surface area contributed by atoms with Crippen molar-refractivity contribution in [3.05, 3.63) is 0 Å². The van der Waals surface area contributed by atoms with E-state index in [9.17, 15) is 0 Å². The Morgan fingerprint density at radius 2 is 1.18 bits per heavy atom. The van der Waals surface area contributed by atoms with Crippen LogP contribution in [0.25, 0.3) is 0 Å². The molecule has 0 atom stereocenters. The molecule has 2 saturated heterocycles. The summed E-state index contributed by atoms with van der Waals surface area (Å²) in [5.41, 5.74) is 0. The van der Waals surface area contributed by atoms with E-state index in [4.69, 9.17) is 10.7 Å². The summed E-state index contributed by atoms with van der Waals surface area (Å²) < 4.78 is 0. The highest BCUT2D eigenvalue weighted by atomic mass is 32.1. The highest BCUT2D eigenvalue weighted by Gasteiger charge is 2.20. The van der Waals surface area contributed by atoms with Gasteiger partial charge in [0.1, 0.15) is 5.40 Å². The van der Waals surface area contributed by atoms with Gasteiger partial charge in [-0.2, -0.15) is 5.26 Å². The molecule has 2 fully saturated rings. The zero-order valence-electron chi connectivity index (χ0n) is 10.4. The Kier molecular flexibility index (Phi) is 6.87. The number of nitrogens with zero attached hydrogens (tertiary/aromatic N) is 3. The average molecular weight is 254 g/mol. The molecule has 0 unspecified atom stereocenters. The maximum absolute atomic E-state index is 8.13. The highest BCUT2D eigenvalue weighted by molar-refractivity contribution is 7.85. The molecule has 2 aliphatic heterocycles. The van der Waals surface area contributed by atoms with Crippen LogP contribution >= 0.6 is 12.6 Å². The van der Waals surface area contributed by atoms with Crippen molar-refractivity contribution in [2.45, 2.75) is 38.5 Å². The van der Waals surface area contributed by atoms with Crippen LogP contribution in [-0.2, 0) is 0 Å². The van der Waals surface area contributed by atoms with Crippen molar-refractivity contribution in [2.24, 2.45) is 0 Å². The number of nitriles is 1. The molecule has 0 bridgehead atoms. The second kappa shape index (κ2) is 8.24. The molecule has 4 nitrogen and oxygen atoms in total. The molecule has 1 N–H and O–H groups in total. The molecule has 2 aliphatic rings. The van der Waals surface area contributed by atoms with Gasteiger partial charge in [-0.15, -0.1) is 0 Å². The molecule has 0 aromatic carbocycles. The van der Waals surface area contributed by atoms with Crippen molar-refractivity contribution >= 4 is 18.6 Å². The van der Waals surface area contributed by atoms with Gasteiger partial charge in [-0.1, -0.05) is 12.6 Å². The number of thiocyanates is 1. The summed E-state index contributed by atoms with van der Waals surface area (Å²) in [6.45, 7) is 4.43. The van der Waals surface area contributed by atoms with Crippen LogP contribution in [-0.4, -0.2) is 41.9 Å². The fourth-order valence-corrected chi connectivity index (χ4v) is 2.41. The van der Waals surface area contributed by atoms with E-state index in [2.05, 4.69) is 22.4 Å². The zero-order chi connectivity index (χ0) is 12.5. The quantitative estimate of drug-likeness (QED) is 0.302. The van der Waals surface area contributed by atoms with Crippen molar-refractivity contribution < 1.29 is 0 Å². The molecule has 17 heavy (non-hydrogen) atoms. The van der Waals surface area contributed by atoms with Gasteiger partial charge in [0, 0.05) is 26.2 Å². The first-order chi connectivity index (χ1) is 8.29. The fraction of sp³-hybridized carbons (Fsp3) is 0.833. The summed E-state index contributed by atoms with van der Waals surface area (Å²) in [7, 11) is 0. The van der Waals surface area contributed by atoms with E-state index in [-0.39, 0.29) is 0 Å². The third kappa shape index (κ3) is 4.86. The number of likely N-dealkylation sites (tertiary alicyclic amines) is 2. The van der Waals surface area contributed by atoms with Gasteiger partial charge in [0.2, 0.25) is 0 Å². The number of rotatable bonds is 0. The number of hydrogen-bond donors (Lipinski definition) is 2. The number of piperidine rings is 2. The first-order valence-corrected chi connectivity index (χ1v) is 6.86. The summed E-state index contributed by atoms with van der Waals surface area (Å²) >= 11 is 3.09. The van der Waals surface area contributed by atoms with Gasteiger partial charge >= 0.3 is 0 Å². The second-order valence-corrected chi connectivity index (χ2v) is 4.72. The van der Waals surface area contributed by atoms with Crippen LogP contribution in [0.15, 0.2) is 0 Å². The van der Waals surface area contributed by atoms with Crippen LogP contribution in [0.5, 0.6) is 0 Å². The Hall–Kier alpha value is -0.890. The number of guanidine groups is 1. The molecular weight excluding hydrogens is 232 g/mol. The standard InChI is InChI=1S/C11H21N3.CHNS/c12-11(13-7-3-1-4-8-13)14-9-5-2-6-10-14;2-1-3/h12H,1-10H2;3H. The minimum atomic E-state index is 0.796. The zero-order valence-corrected chi connectivity index (χ0v) is 11.3. The molecule has 0 aromatic heterocycles. The molecule has 96 valence electrons. The van der Waals surface area contributed by atoms with Gasteiger partial charge in [-0.3, -0.25) is 5.41 Å². The van der Waals surface area contributed by atoms with Crippen molar-refractivity contribution in [1.29, 1.82) is 10.7 Å². The fourth-order valence-electron chi connectivity index (χ4n) is 2.41. The highest BCUT2D eigenvalue weighted by Crippen LogP contribution is 2.14. The van der Waals surface area contributed by atoms with E-state index in [1.54, 1.807) is 0 Å². The Bertz CT molecular complexity index is 242. The summed E-state index contributed by atoms with van der Waals surface area (Å²) in [6, 6.07) is 0. The van der Waals surface area contributed by atoms with Gasteiger partial charge in [0.15, 0.2) is 5.96 Å². The Labute approximate surface area is 110 Å². The molecule has 2 rings (SSSR count). The predicted octanol–water partition coefficient (Wildman–Crippen LogP) is 2.29. The SMILES string of the molecule is N#CS.N=C(N1CCCCC1)N1CCCCC1. The third-order valence-corrected chi connectivity index (χ3v) is 3.31. The molecular formula is C12H22N4S. The van der Waals surface area contributed by atoms with Crippen LogP contribution in [0.4, 0.5) is 0 Å². The van der Waals surface area contributed by atoms with Crippen LogP contribution in [0.1, 0.15) is 38.5 Å². The van der Waals surface area contributed by atoms with Crippen molar-refractivity contribution in [1.82, 2.24) is 9.80 Å². The predicted molar refractivity (Wildman–Crippen MR) is 73.2 cm³/mol. The van der Waals surface area contributed by atoms with E-state index < -0.39 is 0 Å². The molecule has 5 heteroatoms. The molecule has 0 saturated carbocycles. The third-order valence-electron chi connectivity index (χ3n) is 3.31. The van der Waals surface area contributed by atoms with Crippen LogP contribution in [0.3, 0.4) is 0 Å². The Balaban J connectivity index is 0.000000437. The van der Waals surface area contributed by atoms with E-state index in [1.807, 2.05) is 0 Å². The summed E-state index contributed by atoms with van der Waals surface area (Å²) in [5.74, 6) is 0.796. The van der Waals surface area contributed by atoms with Gasteiger partial charge < -0.3 is 9.80 Å². The minimum absolute atomic E-state index is 0.796. The maximum Gasteiger partial charge on any atom is 0.193 e. The van der Waals surface area contributed by atoms with Gasteiger partial charge in [-0.25, -0.2) is 0 Å². The maximum atomic E-state index is 8.13. The monoisotopic (exact) mass is 254 g/mol. The van der Waals surface area contributed by atoms with Gasteiger partial charge in [0.25, 0.3) is 0 Å². The lowest BCUT2D eigenvalue weighted by molar-refractivity contribution is 0.255. The topological polar surface area (TPSA) is 54.1 Å². The molecule has 0 amide bonds. The molecule has 0 radical (unpaired) electrons. The second-order valence-electron chi connectivity index (χ2n) is 4.52. The van der Waals surface area contributed by atoms with Crippen molar-refractivity contribution in [3.8, 4) is 5.40 Å². The Morgan fingerprint density at radius 1 is 0.882 bits per heavy atom. The summed E-state index contributed by atoms with van der Waals surface area (Å²) in [4.78, 5) is 4.52. The van der Waals surface area contributed by atoms with E-state index >= 15 is 0 Å². The lowest BCUT2D eigenvalue weighted by atomic mass is 10.1. The summed E-state index contributed by atoms with van der Waals surface area (Å²) in [5, 5.41) is 16.8. The van der Waals surface area contributed by atoms with E-state index in [0.29, 0.717) is 0 Å². The molecule has 0 aliphatic carbocycles. The largest absolute Gasteiger partial charge is 0.343 e. The average Bonchev–Trinajstić information content (AvgIpc) is 2.41. The van der Waals surface area contributed by atoms with Gasteiger partial charge in [0.05, 0.1) is 0 Å². The number of hydrogen-bond acceptors (Lipinski definition) is 3. The van der Waals surface area contributed by atoms with Crippen LogP contribution in [0.2, 0.25) is 0 Å². The minimum Gasteiger partial charge on any atom is -0.343 e. The molecule has 0 aromatic rings. The lowest BCUT2D eigenvalue weighted by Gasteiger charge is -2.37. The van der Waals surface area contributed by atoms with E-state index in [1.165, 1.54) is 43.9 Å². The number of nitrogens with one attached hydrogen (secondary N) is 1. The first-order valence-electron chi connectivity index (χ1n) is 6.41. The van der Waals surface area contributed by atoms with Gasteiger partial charge in [-0.05, 0) is 38.5 Å². The van der Waals surface area contributed by atoms with Crippen molar-refractivity contribution in [3.63, 3.8) is 0 Å². The smallest absolute Gasteiger partial charge is 0.193 e. The number of thiol groups is 1. The van der Waals surface area contributed by atoms with Crippen LogP contribution < -0.4 is 0 Å². The van der Waals surface area contributed by atoms with E-state index in [0.717, 1.165) is 32.1 Å². The summed E-state index contributed by atoms with van der Waals surface area (Å²) in [6.07, 6.45) is 7.80. The lowest BCUT2D eigenvalue weighted by Crippen LogP contribution is -2.47. The normalized spacial score (nSPS) is 20.0. The van der Waals surface area contributed by atoms with Crippen molar-refractivity contribution in [2.75, 3.05) is 26.2 Å². The Morgan fingerprint density at radius 3 is 1.47 bits per heavy atom. The molecule has 2 heterocycles.